The summed E-state index contributed by atoms with van der Waals surface area (Å²) in [7, 11) is 0. The Balaban J connectivity index is 4.96. The van der Waals surface area contributed by atoms with E-state index in [0.29, 0.717) is 0 Å². The van der Waals surface area contributed by atoms with Gasteiger partial charge in [0, 0.05) is 0 Å². The normalized spacial score (nSPS) is 12.3. The monoisotopic (exact) mass is 287 g/mol. The Hall–Kier alpha value is -2.48. The van der Waals surface area contributed by atoms with Crippen molar-refractivity contribution in [1.29, 1.82) is 0 Å². The molecule has 0 spiro atoms. The zero-order valence-corrected chi connectivity index (χ0v) is 9.11. The van der Waals surface area contributed by atoms with E-state index in [0.717, 1.165) is 0 Å². The molecule has 19 heavy (non-hydrogen) atoms. The zero-order chi connectivity index (χ0) is 15.1. The number of aliphatic hydroxyl groups is 2. The summed E-state index contributed by atoms with van der Waals surface area (Å²) in [6.07, 6.45) is -2.44. The molecule has 0 aromatic carbocycles. The van der Waals surface area contributed by atoms with E-state index in [1.54, 1.807) is 0 Å². The number of aliphatic hydroxyl groups excluding tert-OH is 2. The van der Waals surface area contributed by atoms with E-state index in [-0.39, 0.29) is 0 Å². The van der Waals surface area contributed by atoms with Crippen LogP contribution in [0.5, 0.6) is 0 Å². The molecular formula is C5H9N3O11. The summed E-state index contributed by atoms with van der Waals surface area (Å²) in [6.45, 7) is -3.43. The second-order valence-electron chi connectivity index (χ2n) is 3.20. The van der Waals surface area contributed by atoms with Gasteiger partial charge >= 0.3 is 0 Å². The van der Waals surface area contributed by atoms with Crippen molar-refractivity contribution in [3.05, 3.63) is 30.3 Å². The quantitative estimate of drug-likeness (QED) is 0.253. The molecule has 1 unspecified atom stereocenters. The molecule has 0 rings (SSSR count). The van der Waals surface area contributed by atoms with E-state index >= 15 is 0 Å². The van der Waals surface area contributed by atoms with Crippen molar-refractivity contribution >= 4 is 0 Å². The van der Waals surface area contributed by atoms with Crippen molar-refractivity contribution in [3.63, 3.8) is 0 Å². The van der Waals surface area contributed by atoms with Crippen LogP contribution in [0.25, 0.3) is 0 Å². The van der Waals surface area contributed by atoms with Crippen LogP contribution in [0.2, 0.25) is 0 Å². The van der Waals surface area contributed by atoms with Crippen molar-refractivity contribution in [2.24, 2.45) is 5.41 Å². The second kappa shape index (κ2) is 7.07. The molecule has 0 heterocycles. The van der Waals surface area contributed by atoms with E-state index in [1.165, 1.54) is 0 Å². The fraction of sp³-hybridized carbons (Fsp3) is 1.00. The van der Waals surface area contributed by atoms with Crippen LogP contribution in [-0.4, -0.2) is 51.6 Å². The van der Waals surface area contributed by atoms with Gasteiger partial charge in [0.25, 0.3) is 15.3 Å². The molecule has 0 saturated carbocycles. The van der Waals surface area contributed by atoms with E-state index in [2.05, 4.69) is 14.5 Å². The number of hydrogen-bond acceptors (Lipinski definition) is 11. The number of hydrogen-bond donors (Lipinski definition) is 2. The highest BCUT2D eigenvalue weighted by molar-refractivity contribution is 4.80. The van der Waals surface area contributed by atoms with Crippen LogP contribution in [-0.2, 0) is 14.5 Å². The fourth-order valence-electron chi connectivity index (χ4n) is 0.909. The molecule has 0 amide bonds. The molecule has 0 aliphatic carbocycles. The Morgan fingerprint density at radius 2 is 1.42 bits per heavy atom. The van der Waals surface area contributed by atoms with Gasteiger partial charge < -0.3 is 19.9 Å². The molecule has 2 N–H and O–H groups in total. The van der Waals surface area contributed by atoms with E-state index in [9.17, 15) is 35.4 Å². The smallest absolute Gasteiger partial charge is 0.297 e. The Morgan fingerprint density at radius 3 is 1.68 bits per heavy atom. The molecule has 0 aromatic heterocycles. The molecule has 1 atom stereocenters. The van der Waals surface area contributed by atoms with Crippen LogP contribution in [0.4, 0.5) is 0 Å². The van der Waals surface area contributed by atoms with E-state index < -0.39 is 46.8 Å². The molecule has 0 radical (unpaired) electrons. The largest absolute Gasteiger partial charge is 0.395 e. The highest BCUT2D eigenvalue weighted by atomic mass is 17.0. The standard InChI is InChI=1S/C5H9N3O11/c9-1-5(2-17-6(11)12,3-18-7(13)14)4(10)19-8(15)16/h4,9-10H,1-3H2. The molecule has 14 nitrogen and oxygen atoms in total. The third-order valence-corrected chi connectivity index (χ3v) is 1.94. The summed E-state index contributed by atoms with van der Waals surface area (Å²) in [5.74, 6) is 0. The molecule has 0 fully saturated rings. The molecule has 0 saturated heterocycles. The van der Waals surface area contributed by atoms with Crippen molar-refractivity contribution < 1.29 is 40.0 Å². The van der Waals surface area contributed by atoms with Crippen LogP contribution >= 0.6 is 0 Å². The zero-order valence-electron chi connectivity index (χ0n) is 9.11. The van der Waals surface area contributed by atoms with Crippen LogP contribution in [0.3, 0.4) is 0 Å². The molecule has 0 aliphatic rings. The van der Waals surface area contributed by atoms with Gasteiger partial charge in [-0.2, -0.15) is 0 Å². The lowest BCUT2D eigenvalue weighted by molar-refractivity contribution is -0.798. The third kappa shape index (κ3) is 5.59. The Bertz CT molecular complexity index is 327. The molecule has 110 valence electrons. The van der Waals surface area contributed by atoms with Gasteiger partial charge in [-0.15, -0.1) is 30.3 Å². The fourth-order valence-corrected chi connectivity index (χ4v) is 0.909. The van der Waals surface area contributed by atoms with Crippen LogP contribution in [0.15, 0.2) is 0 Å². The first-order valence-electron chi connectivity index (χ1n) is 4.38. The van der Waals surface area contributed by atoms with Gasteiger partial charge in [0.1, 0.15) is 13.2 Å². The second-order valence-corrected chi connectivity index (χ2v) is 3.20. The molecule has 14 heteroatoms. The Labute approximate surface area is 103 Å². The summed E-state index contributed by atoms with van der Waals surface area (Å²) >= 11 is 0. The third-order valence-electron chi connectivity index (χ3n) is 1.94. The van der Waals surface area contributed by atoms with Gasteiger partial charge in [0.2, 0.25) is 6.29 Å². The maximum atomic E-state index is 10.0. The molecule has 0 bridgehead atoms. The minimum atomic E-state index is -2.44. The lowest BCUT2D eigenvalue weighted by Gasteiger charge is -2.32. The molecule has 0 aromatic rings. The average Bonchev–Trinajstić information content (AvgIpc) is 2.28. The first kappa shape index (κ1) is 16.5. The van der Waals surface area contributed by atoms with Crippen molar-refractivity contribution in [3.8, 4) is 0 Å². The van der Waals surface area contributed by atoms with Crippen LogP contribution in [0.1, 0.15) is 0 Å². The lowest BCUT2D eigenvalue weighted by Crippen LogP contribution is -2.49. The first-order valence-corrected chi connectivity index (χ1v) is 4.38. The molecule has 0 aliphatic heterocycles. The van der Waals surface area contributed by atoms with E-state index in [1.807, 2.05) is 0 Å². The van der Waals surface area contributed by atoms with Gasteiger partial charge in [-0.05, 0) is 0 Å². The van der Waals surface area contributed by atoms with Gasteiger partial charge in [-0.1, -0.05) is 0 Å². The number of rotatable bonds is 10. The number of nitrogens with zero attached hydrogens (tertiary/aromatic N) is 3. The van der Waals surface area contributed by atoms with Crippen LogP contribution in [0, 0.1) is 35.8 Å². The summed E-state index contributed by atoms with van der Waals surface area (Å²) in [6, 6.07) is 0. The maximum Gasteiger partial charge on any atom is 0.297 e. The average molecular weight is 287 g/mol. The Kier molecular flexibility index (Phi) is 6.14. The van der Waals surface area contributed by atoms with Crippen molar-refractivity contribution in [1.82, 2.24) is 0 Å². The highest BCUT2D eigenvalue weighted by Crippen LogP contribution is 2.24. The SMILES string of the molecule is O=[N+]([O-])OCC(CO)(CO[N+](=O)[O-])C(O)O[N+](=O)[O-]. The summed E-state index contributed by atoms with van der Waals surface area (Å²) in [5, 5.41) is 44.3. The minimum Gasteiger partial charge on any atom is -0.395 e. The highest BCUT2D eigenvalue weighted by Gasteiger charge is 2.43. The summed E-state index contributed by atoms with van der Waals surface area (Å²) in [5.41, 5.74) is -2.28. The van der Waals surface area contributed by atoms with Gasteiger partial charge in [-0.25, -0.2) is 0 Å². The minimum absolute atomic E-state index is 1.13. The van der Waals surface area contributed by atoms with E-state index in [4.69, 9.17) is 5.11 Å². The van der Waals surface area contributed by atoms with Gasteiger partial charge in [0.15, 0.2) is 0 Å². The summed E-state index contributed by atoms with van der Waals surface area (Å²) in [4.78, 5) is 41.4. The molecular weight excluding hydrogens is 278 g/mol. The topological polar surface area (TPSA) is 198 Å². The predicted molar refractivity (Wildman–Crippen MR) is 49.5 cm³/mol. The maximum absolute atomic E-state index is 10.0. The van der Waals surface area contributed by atoms with Crippen LogP contribution < -0.4 is 0 Å². The predicted octanol–water partition coefficient (Wildman–Crippen LogP) is -2.09. The van der Waals surface area contributed by atoms with Crippen molar-refractivity contribution in [2.45, 2.75) is 6.29 Å². The lowest BCUT2D eigenvalue weighted by atomic mass is 9.90. The summed E-state index contributed by atoms with van der Waals surface area (Å²) < 4.78 is 0. The first-order chi connectivity index (χ1) is 8.73. The van der Waals surface area contributed by atoms with Gasteiger partial charge in [-0.3, -0.25) is 4.84 Å². The van der Waals surface area contributed by atoms with Crippen molar-refractivity contribution in [2.75, 3.05) is 19.8 Å². The Morgan fingerprint density at radius 1 is 1.00 bits per heavy atom. The van der Waals surface area contributed by atoms with Gasteiger partial charge in [0.05, 0.1) is 12.0 Å².